The summed E-state index contributed by atoms with van der Waals surface area (Å²) in [4.78, 5) is 5.36. The van der Waals surface area contributed by atoms with Crippen LogP contribution in [-0.2, 0) is 6.42 Å². The summed E-state index contributed by atoms with van der Waals surface area (Å²) in [5.74, 6) is 0. The molecule has 1 aromatic rings. The molecular weight excluding hydrogens is 268 g/mol. The van der Waals surface area contributed by atoms with Crippen molar-refractivity contribution in [2.75, 3.05) is 32.7 Å². The van der Waals surface area contributed by atoms with Crippen molar-refractivity contribution in [1.82, 2.24) is 9.80 Å². The van der Waals surface area contributed by atoms with Crippen molar-refractivity contribution in [3.8, 4) is 0 Å². The summed E-state index contributed by atoms with van der Waals surface area (Å²) in [6.45, 7) is 10.4. The molecule has 1 heterocycles. The maximum absolute atomic E-state index is 2.75. The molecule has 0 N–H and O–H groups in total. The highest BCUT2D eigenvalue weighted by Crippen LogP contribution is 2.34. The molecule has 0 spiro atoms. The molecule has 2 aliphatic rings. The molecule has 22 heavy (non-hydrogen) atoms. The van der Waals surface area contributed by atoms with Gasteiger partial charge in [0.2, 0.25) is 0 Å². The van der Waals surface area contributed by atoms with Crippen molar-refractivity contribution in [3.63, 3.8) is 0 Å². The van der Waals surface area contributed by atoms with Crippen LogP contribution in [0.5, 0.6) is 0 Å². The summed E-state index contributed by atoms with van der Waals surface area (Å²) in [5, 5.41) is 0. The van der Waals surface area contributed by atoms with Gasteiger partial charge in [0.05, 0.1) is 0 Å². The summed E-state index contributed by atoms with van der Waals surface area (Å²) in [6, 6.07) is 9.78. The van der Waals surface area contributed by atoms with Crippen molar-refractivity contribution in [1.29, 1.82) is 0 Å². The van der Waals surface area contributed by atoms with E-state index in [9.17, 15) is 0 Å². The van der Waals surface area contributed by atoms with E-state index < -0.39 is 0 Å². The highest BCUT2D eigenvalue weighted by molar-refractivity contribution is 5.32. The van der Waals surface area contributed by atoms with Gasteiger partial charge in [-0.1, -0.05) is 35.9 Å². The maximum Gasteiger partial charge on any atom is 0.0351 e. The van der Waals surface area contributed by atoms with E-state index in [1.165, 1.54) is 57.4 Å². The first kappa shape index (κ1) is 15.8. The van der Waals surface area contributed by atoms with Crippen LogP contribution in [-0.4, -0.2) is 42.5 Å². The summed E-state index contributed by atoms with van der Waals surface area (Å²) in [6.07, 6.45) is 7.62. The number of fused-ring (bicyclic) bond motifs is 1. The number of rotatable bonds is 3. The number of hydrogen-bond donors (Lipinski definition) is 0. The molecule has 1 atom stereocenters. The molecule has 1 fully saturated rings. The number of hydrogen-bond acceptors (Lipinski definition) is 2. The van der Waals surface area contributed by atoms with E-state index in [0.717, 1.165) is 6.54 Å². The monoisotopic (exact) mass is 298 g/mol. The minimum absolute atomic E-state index is 0.661. The number of allylic oxidation sites excluding steroid dienone is 1. The van der Waals surface area contributed by atoms with Crippen LogP contribution in [0.25, 0.3) is 0 Å². The van der Waals surface area contributed by atoms with Crippen molar-refractivity contribution >= 4 is 0 Å². The van der Waals surface area contributed by atoms with E-state index in [4.69, 9.17) is 0 Å². The Morgan fingerprint density at radius 2 is 1.95 bits per heavy atom. The highest BCUT2D eigenvalue weighted by Gasteiger charge is 2.26. The third-order valence-electron chi connectivity index (χ3n) is 5.16. The fourth-order valence-corrected chi connectivity index (χ4v) is 3.90. The predicted octanol–water partition coefficient (Wildman–Crippen LogP) is 4.04. The third kappa shape index (κ3) is 3.80. The molecule has 2 heteroatoms. The Labute approximate surface area is 135 Å². The molecule has 0 aromatic heterocycles. The SMILES string of the molecule is CC(C)=CCN1CCCN(C2CCCc3ccccc32)CC1. The molecule has 1 unspecified atom stereocenters. The molecule has 1 aliphatic carbocycles. The highest BCUT2D eigenvalue weighted by atomic mass is 15.2. The molecule has 0 bridgehead atoms. The van der Waals surface area contributed by atoms with Gasteiger partial charge in [-0.05, 0) is 57.2 Å². The summed E-state index contributed by atoms with van der Waals surface area (Å²) < 4.78 is 0. The molecule has 2 nitrogen and oxygen atoms in total. The van der Waals surface area contributed by atoms with E-state index in [1.807, 2.05) is 0 Å². The smallest absolute Gasteiger partial charge is 0.0351 e. The zero-order valence-corrected chi connectivity index (χ0v) is 14.2. The van der Waals surface area contributed by atoms with Crippen LogP contribution in [0.2, 0.25) is 0 Å². The zero-order valence-electron chi connectivity index (χ0n) is 14.2. The molecule has 0 radical (unpaired) electrons. The summed E-state index contributed by atoms with van der Waals surface area (Å²) >= 11 is 0. The standard InChI is InChI=1S/C20H30N2/c1-17(2)11-14-21-12-6-13-22(16-15-21)20-10-5-8-18-7-3-4-9-19(18)20/h3-4,7,9,11,20H,5-6,8,10,12-16H2,1-2H3. The second kappa shape index (κ2) is 7.43. The first-order chi connectivity index (χ1) is 10.7. The Balaban J connectivity index is 1.66. The molecule has 120 valence electrons. The number of benzene rings is 1. The lowest BCUT2D eigenvalue weighted by atomic mass is 9.87. The minimum Gasteiger partial charge on any atom is -0.298 e. The predicted molar refractivity (Wildman–Crippen MR) is 94.2 cm³/mol. The average molecular weight is 298 g/mol. The zero-order chi connectivity index (χ0) is 15.4. The van der Waals surface area contributed by atoms with Gasteiger partial charge in [0, 0.05) is 32.2 Å². The second-order valence-electron chi connectivity index (χ2n) is 7.08. The lowest BCUT2D eigenvalue weighted by Gasteiger charge is -2.35. The van der Waals surface area contributed by atoms with Crippen LogP contribution in [0, 0.1) is 0 Å². The molecular formula is C20H30N2. The number of nitrogens with zero attached hydrogens (tertiary/aromatic N) is 2. The topological polar surface area (TPSA) is 6.48 Å². The average Bonchev–Trinajstić information content (AvgIpc) is 2.78. The van der Waals surface area contributed by atoms with Crippen LogP contribution < -0.4 is 0 Å². The van der Waals surface area contributed by atoms with E-state index in [1.54, 1.807) is 11.1 Å². The van der Waals surface area contributed by atoms with Gasteiger partial charge in [0.1, 0.15) is 0 Å². The fourth-order valence-electron chi connectivity index (χ4n) is 3.90. The molecule has 1 saturated heterocycles. The van der Waals surface area contributed by atoms with Crippen LogP contribution >= 0.6 is 0 Å². The third-order valence-corrected chi connectivity index (χ3v) is 5.16. The van der Waals surface area contributed by atoms with Crippen molar-refractivity contribution in [2.45, 2.75) is 45.6 Å². The summed E-state index contributed by atoms with van der Waals surface area (Å²) in [7, 11) is 0. The first-order valence-corrected chi connectivity index (χ1v) is 8.91. The second-order valence-corrected chi connectivity index (χ2v) is 7.08. The van der Waals surface area contributed by atoms with Gasteiger partial charge in [-0.2, -0.15) is 0 Å². The van der Waals surface area contributed by atoms with E-state index >= 15 is 0 Å². The Kier molecular flexibility index (Phi) is 5.32. The van der Waals surface area contributed by atoms with Gasteiger partial charge in [-0.25, -0.2) is 0 Å². The Hall–Kier alpha value is -1.12. The van der Waals surface area contributed by atoms with Crippen LogP contribution in [0.4, 0.5) is 0 Å². The van der Waals surface area contributed by atoms with Crippen LogP contribution in [0.3, 0.4) is 0 Å². The van der Waals surface area contributed by atoms with Gasteiger partial charge in [0.15, 0.2) is 0 Å². The lowest BCUT2D eigenvalue weighted by molar-refractivity contribution is 0.183. The minimum atomic E-state index is 0.661. The van der Waals surface area contributed by atoms with Gasteiger partial charge < -0.3 is 0 Å². The van der Waals surface area contributed by atoms with Crippen molar-refractivity contribution in [2.24, 2.45) is 0 Å². The molecule has 0 saturated carbocycles. The first-order valence-electron chi connectivity index (χ1n) is 8.91. The van der Waals surface area contributed by atoms with Crippen LogP contribution in [0.15, 0.2) is 35.9 Å². The Morgan fingerprint density at radius 3 is 2.82 bits per heavy atom. The maximum atomic E-state index is 2.75. The Bertz CT molecular complexity index is 516. The van der Waals surface area contributed by atoms with Gasteiger partial charge in [0.25, 0.3) is 0 Å². The van der Waals surface area contributed by atoms with E-state index in [-0.39, 0.29) is 0 Å². The quantitative estimate of drug-likeness (QED) is 0.777. The Morgan fingerprint density at radius 1 is 1.09 bits per heavy atom. The normalized spacial score (nSPS) is 23.6. The number of aryl methyl sites for hydroxylation is 1. The van der Waals surface area contributed by atoms with Crippen molar-refractivity contribution in [3.05, 3.63) is 47.0 Å². The lowest BCUT2D eigenvalue weighted by Crippen LogP contribution is -2.35. The van der Waals surface area contributed by atoms with E-state index in [0.29, 0.717) is 6.04 Å². The van der Waals surface area contributed by atoms with Gasteiger partial charge >= 0.3 is 0 Å². The van der Waals surface area contributed by atoms with Gasteiger partial charge in [-0.15, -0.1) is 0 Å². The van der Waals surface area contributed by atoms with Crippen LogP contribution in [0.1, 0.15) is 50.3 Å². The molecule has 1 aliphatic heterocycles. The summed E-state index contributed by atoms with van der Waals surface area (Å²) in [5.41, 5.74) is 4.62. The largest absolute Gasteiger partial charge is 0.298 e. The van der Waals surface area contributed by atoms with Gasteiger partial charge in [-0.3, -0.25) is 9.80 Å². The molecule has 1 aromatic carbocycles. The van der Waals surface area contributed by atoms with Crippen molar-refractivity contribution < 1.29 is 0 Å². The molecule has 3 rings (SSSR count). The fraction of sp³-hybridized carbons (Fsp3) is 0.600. The molecule has 0 amide bonds. The van der Waals surface area contributed by atoms with E-state index in [2.05, 4.69) is 54.0 Å².